The number of hydrogen-bond donors (Lipinski definition) is 0. The van der Waals surface area contributed by atoms with E-state index in [-0.39, 0.29) is 11.0 Å². The second kappa shape index (κ2) is 4.50. The fourth-order valence-electron chi connectivity index (χ4n) is 1.87. The molecule has 90 valence electrons. The van der Waals surface area contributed by atoms with Crippen LogP contribution >= 0.6 is 0 Å². The van der Waals surface area contributed by atoms with Gasteiger partial charge in [0.15, 0.2) is 5.43 Å². The van der Waals surface area contributed by atoms with E-state index >= 15 is 0 Å². The van der Waals surface area contributed by atoms with Crippen molar-refractivity contribution in [3.05, 3.63) is 63.1 Å². The molecule has 0 bridgehead atoms. The molecule has 0 saturated carbocycles. The normalized spacial score (nSPS) is 10.1. The van der Waals surface area contributed by atoms with E-state index in [4.69, 9.17) is 5.26 Å². The topological polar surface area (TPSA) is 45.8 Å². The van der Waals surface area contributed by atoms with E-state index in [1.54, 1.807) is 6.20 Å². The number of aryl methyl sites for hydroxylation is 3. The van der Waals surface area contributed by atoms with Crippen LogP contribution in [0, 0.1) is 32.1 Å². The molecule has 2 rings (SSSR count). The molecule has 0 aliphatic rings. The molecule has 0 N–H and O–H groups in total. The highest BCUT2D eigenvalue weighted by atomic mass is 16.1. The third-order valence-corrected chi connectivity index (χ3v) is 3.13. The summed E-state index contributed by atoms with van der Waals surface area (Å²) in [6, 6.07) is 9.49. The van der Waals surface area contributed by atoms with E-state index < -0.39 is 0 Å². The summed E-state index contributed by atoms with van der Waals surface area (Å²) in [5, 5.41) is 8.92. The van der Waals surface area contributed by atoms with Crippen molar-refractivity contribution in [2.45, 2.75) is 20.8 Å². The smallest absolute Gasteiger partial charge is 0.199 e. The van der Waals surface area contributed by atoms with Crippen LogP contribution in [0.4, 0.5) is 0 Å². The van der Waals surface area contributed by atoms with Crippen LogP contribution in [0.3, 0.4) is 0 Å². The van der Waals surface area contributed by atoms with Gasteiger partial charge in [0.05, 0.1) is 0 Å². The Hall–Kier alpha value is -2.34. The second-order valence-electron chi connectivity index (χ2n) is 4.44. The van der Waals surface area contributed by atoms with Gasteiger partial charge < -0.3 is 4.57 Å². The highest BCUT2D eigenvalue weighted by molar-refractivity contribution is 5.42. The van der Waals surface area contributed by atoms with Crippen molar-refractivity contribution >= 4 is 0 Å². The summed E-state index contributed by atoms with van der Waals surface area (Å²) < 4.78 is 1.87. The van der Waals surface area contributed by atoms with Gasteiger partial charge in [0, 0.05) is 23.6 Å². The average molecular weight is 238 g/mol. The van der Waals surface area contributed by atoms with Gasteiger partial charge in [0.1, 0.15) is 11.6 Å². The molecule has 0 amide bonds. The Morgan fingerprint density at radius 2 is 1.83 bits per heavy atom. The lowest BCUT2D eigenvalue weighted by atomic mass is 10.1. The molecule has 0 aliphatic heterocycles. The molecule has 1 heterocycles. The first-order chi connectivity index (χ1) is 8.52. The van der Waals surface area contributed by atoms with Gasteiger partial charge in [-0.15, -0.1) is 0 Å². The van der Waals surface area contributed by atoms with Crippen LogP contribution in [0.25, 0.3) is 5.69 Å². The molecule has 3 nitrogen and oxygen atoms in total. The predicted octanol–water partition coefficient (Wildman–Crippen LogP) is 2.63. The molecule has 18 heavy (non-hydrogen) atoms. The Bertz CT molecular complexity index is 705. The van der Waals surface area contributed by atoms with Gasteiger partial charge >= 0.3 is 0 Å². The fourth-order valence-corrected chi connectivity index (χ4v) is 1.87. The third-order valence-electron chi connectivity index (χ3n) is 3.13. The molecule has 0 radical (unpaired) electrons. The molecular formula is C15H14N2O. The monoisotopic (exact) mass is 238 g/mol. The van der Waals surface area contributed by atoms with Gasteiger partial charge in [-0.05, 0) is 44.0 Å². The maximum atomic E-state index is 11.5. The number of pyridine rings is 1. The zero-order valence-corrected chi connectivity index (χ0v) is 10.7. The van der Waals surface area contributed by atoms with E-state index in [0.29, 0.717) is 0 Å². The number of nitriles is 1. The van der Waals surface area contributed by atoms with E-state index in [9.17, 15) is 4.79 Å². The van der Waals surface area contributed by atoms with Crippen LogP contribution in [0.2, 0.25) is 0 Å². The van der Waals surface area contributed by atoms with Crippen molar-refractivity contribution in [3.8, 4) is 11.8 Å². The van der Waals surface area contributed by atoms with Crippen LogP contribution in [0.15, 0.2) is 35.3 Å². The van der Waals surface area contributed by atoms with Crippen LogP contribution in [0.5, 0.6) is 0 Å². The Morgan fingerprint density at radius 1 is 1.11 bits per heavy atom. The molecule has 0 atom stereocenters. The zero-order chi connectivity index (χ0) is 13.3. The third kappa shape index (κ3) is 2.05. The molecule has 0 unspecified atom stereocenters. The first-order valence-corrected chi connectivity index (χ1v) is 5.74. The van der Waals surface area contributed by atoms with Crippen molar-refractivity contribution in [1.82, 2.24) is 4.57 Å². The minimum absolute atomic E-state index is 0.166. The van der Waals surface area contributed by atoms with Crippen LogP contribution in [0.1, 0.15) is 22.4 Å². The van der Waals surface area contributed by atoms with Crippen LogP contribution < -0.4 is 5.43 Å². The maximum Gasteiger partial charge on any atom is 0.199 e. The Balaban J connectivity index is 2.67. The zero-order valence-electron chi connectivity index (χ0n) is 10.7. The summed E-state index contributed by atoms with van der Waals surface area (Å²) in [5.41, 5.74) is 4.13. The number of aromatic nitrogens is 1. The molecule has 1 aromatic carbocycles. The molecule has 3 heteroatoms. The number of benzene rings is 1. The quantitative estimate of drug-likeness (QED) is 0.766. The number of hydrogen-bond acceptors (Lipinski definition) is 2. The van der Waals surface area contributed by atoms with E-state index in [1.165, 1.54) is 17.2 Å². The Kier molecular flexibility index (Phi) is 3.03. The summed E-state index contributed by atoms with van der Waals surface area (Å²) in [5.74, 6) is 0. The van der Waals surface area contributed by atoms with E-state index in [2.05, 4.69) is 6.92 Å². The average Bonchev–Trinajstić information content (AvgIpc) is 2.33. The van der Waals surface area contributed by atoms with Gasteiger partial charge in [0.2, 0.25) is 0 Å². The number of nitrogens with zero attached hydrogens (tertiary/aromatic N) is 2. The van der Waals surface area contributed by atoms with Crippen molar-refractivity contribution in [3.63, 3.8) is 0 Å². The summed E-state index contributed by atoms with van der Waals surface area (Å²) in [6.45, 7) is 5.96. The first kappa shape index (κ1) is 12.1. The van der Waals surface area contributed by atoms with Gasteiger partial charge in [-0.3, -0.25) is 4.79 Å². The Morgan fingerprint density at radius 3 is 2.44 bits per heavy atom. The van der Waals surface area contributed by atoms with Gasteiger partial charge in [-0.2, -0.15) is 5.26 Å². The van der Waals surface area contributed by atoms with E-state index in [0.717, 1.165) is 11.4 Å². The van der Waals surface area contributed by atoms with Crippen LogP contribution in [-0.4, -0.2) is 4.57 Å². The van der Waals surface area contributed by atoms with Crippen molar-refractivity contribution < 1.29 is 0 Å². The van der Waals surface area contributed by atoms with Crippen molar-refractivity contribution in [2.75, 3.05) is 0 Å². The van der Waals surface area contributed by atoms with Crippen LogP contribution in [-0.2, 0) is 0 Å². The first-order valence-electron chi connectivity index (χ1n) is 5.74. The molecule has 0 aliphatic carbocycles. The van der Waals surface area contributed by atoms with Crippen molar-refractivity contribution in [2.24, 2.45) is 0 Å². The molecule has 0 saturated heterocycles. The second-order valence-corrected chi connectivity index (χ2v) is 4.44. The standard InChI is InChI=1S/C15H14N2O/c1-10-4-5-14(6-11(10)2)17-9-13(8-16)15(18)7-12(17)3/h4-7,9H,1-3H3. The SMILES string of the molecule is Cc1ccc(-n2cc(C#N)c(=O)cc2C)cc1C. The lowest BCUT2D eigenvalue weighted by molar-refractivity contribution is 0.964. The molecule has 1 aromatic heterocycles. The Labute approximate surface area is 106 Å². The minimum atomic E-state index is -0.227. The maximum absolute atomic E-state index is 11.5. The summed E-state index contributed by atoms with van der Waals surface area (Å²) >= 11 is 0. The molecule has 0 fully saturated rings. The summed E-state index contributed by atoms with van der Waals surface area (Å²) in [6.07, 6.45) is 1.60. The van der Waals surface area contributed by atoms with Gasteiger partial charge in [-0.25, -0.2) is 0 Å². The predicted molar refractivity (Wildman–Crippen MR) is 71.0 cm³/mol. The summed E-state index contributed by atoms with van der Waals surface area (Å²) in [4.78, 5) is 11.5. The number of rotatable bonds is 1. The van der Waals surface area contributed by atoms with Gasteiger partial charge in [0.25, 0.3) is 0 Å². The minimum Gasteiger partial charge on any atom is -0.320 e. The molecule has 2 aromatic rings. The highest BCUT2D eigenvalue weighted by Gasteiger charge is 2.05. The largest absolute Gasteiger partial charge is 0.320 e. The lowest BCUT2D eigenvalue weighted by Gasteiger charge is -2.12. The molecule has 0 spiro atoms. The fraction of sp³-hybridized carbons (Fsp3) is 0.200. The lowest BCUT2D eigenvalue weighted by Crippen LogP contribution is -2.12. The van der Waals surface area contributed by atoms with E-state index in [1.807, 2.05) is 42.7 Å². The highest BCUT2D eigenvalue weighted by Crippen LogP contribution is 2.15. The van der Waals surface area contributed by atoms with Crippen molar-refractivity contribution in [1.29, 1.82) is 5.26 Å². The van der Waals surface area contributed by atoms with Gasteiger partial charge in [-0.1, -0.05) is 6.07 Å². The molecular weight excluding hydrogens is 224 g/mol. The summed E-state index contributed by atoms with van der Waals surface area (Å²) in [7, 11) is 0.